The van der Waals surface area contributed by atoms with E-state index in [4.69, 9.17) is 4.74 Å². The highest BCUT2D eigenvalue weighted by atomic mass is 32.1. The number of fused-ring (bicyclic) bond motifs is 1. The molecular formula is C24H27N5O4S. The van der Waals surface area contributed by atoms with Crippen molar-refractivity contribution in [3.63, 3.8) is 0 Å². The van der Waals surface area contributed by atoms with Gasteiger partial charge in [0, 0.05) is 37.1 Å². The number of benzene rings is 1. The molecule has 3 heterocycles. The molecule has 1 aromatic carbocycles. The van der Waals surface area contributed by atoms with Crippen molar-refractivity contribution in [2.75, 3.05) is 39.8 Å². The van der Waals surface area contributed by atoms with Crippen LogP contribution in [0, 0.1) is 0 Å². The second-order valence-corrected chi connectivity index (χ2v) is 9.78. The number of ether oxygens (including phenoxy) is 1. The zero-order chi connectivity index (χ0) is 23.7. The Morgan fingerprint density at radius 1 is 1.12 bits per heavy atom. The molecule has 1 aliphatic carbocycles. The van der Waals surface area contributed by atoms with E-state index in [0.717, 1.165) is 29.0 Å². The van der Waals surface area contributed by atoms with Gasteiger partial charge in [-0.1, -0.05) is 0 Å². The van der Waals surface area contributed by atoms with Crippen LogP contribution in [0.25, 0.3) is 20.7 Å². The number of nitrogens with one attached hydrogen (secondary N) is 1. The van der Waals surface area contributed by atoms with Gasteiger partial charge >= 0.3 is 0 Å². The zero-order valence-electron chi connectivity index (χ0n) is 19.0. The van der Waals surface area contributed by atoms with Gasteiger partial charge in [-0.05, 0) is 48.7 Å². The first-order valence-electron chi connectivity index (χ1n) is 11.4. The molecule has 3 aromatic rings. The summed E-state index contributed by atoms with van der Waals surface area (Å²) in [7, 11) is 1.62. The van der Waals surface area contributed by atoms with E-state index >= 15 is 0 Å². The van der Waals surface area contributed by atoms with E-state index < -0.39 is 0 Å². The molecule has 1 N–H and O–H groups in total. The van der Waals surface area contributed by atoms with Crippen LogP contribution in [0.15, 0.2) is 41.5 Å². The lowest BCUT2D eigenvalue weighted by Gasteiger charge is -2.34. The highest BCUT2D eigenvalue weighted by Crippen LogP contribution is 2.31. The van der Waals surface area contributed by atoms with E-state index in [9.17, 15) is 14.4 Å². The first kappa shape index (κ1) is 22.5. The van der Waals surface area contributed by atoms with Crippen LogP contribution in [0.5, 0.6) is 5.75 Å². The van der Waals surface area contributed by atoms with E-state index in [1.165, 1.54) is 22.2 Å². The van der Waals surface area contributed by atoms with Gasteiger partial charge in [-0.15, -0.1) is 11.3 Å². The fourth-order valence-corrected chi connectivity index (χ4v) is 5.13. The molecule has 0 spiro atoms. The molecule has 0 bridgehead atoms. The first-order chi connectivity index (χ1) is 16.5. The van der Waals surface area contributed by atoms with Gasteiger partial charge in [0.2, 0.25) is 11.8 Å². The van der Waals surface area contributed by atoms with Crippen molar-refractivity contribution >= 4 is 33.4 Å². The molecule has 34 heavy (non-hydrogen) atoms. The molecule has 1 aliphatic heterocycles. The molecule has 0 unspecified atom stereocenters. The summed E-state index contributed by atoms with van der Waals surface area (Å²) >= 11 is 1.38. The second-order valence-electron chi connectivity index (χ2n) is 8.73. The Morgan fingerprint density at radius 2 is 1.85 bits per heavy atom. The number of aromatic nitrogens is 2. The molecule has 2 aliphatic rings. The van der Waals surface area contributed by atoms with Crippen molar-refractivity contribution in [2.24, 2.45) is 0 Å². The van der Waals surface area contributed by atoms with Gasteiger partial charge in [0.05, 0.1) is 25.5 Å². The Bertz CT molecular complexity index is 1260. The predicted molar refractivity (Wildman–Crippen MR) is 130 cm³/mol. The van der Waals surface area contributed by atoms with Crippen molar-refractivity contribution in [1.29, 1.82) is 0 Å². The summed E-state index contributed by atoms with van der Waals surface area (Å²) in [6.07, 6.45) is 3.59. The third kappa shape index (κ3) is 4.97. The lowest BCUT2D eigenvalue weighted by molar-refractivity contribution is -0.134. The van der Waals surface area contributed by atoms with E-state index in [1.807, 2.05) is 30.3 Å². The molecule has 0 radical (unpaired) electrons. The highest BCUT2D eigenvalue weighted by molar-refractivity contribution is 7.22. The number of nitrogens with zero attached hydrogens (tertiary/aromatic N) is 4. The van der Waals surface area contributed by atoms with E-state index in [2.05, 4.69) is 15.2 Å². The average molecular weight is 482 g/mol. The van der Waals surface area contributed by atoms with Crippen molar-refractivity contribution in [3.05, 3.63) is 47.0 Å². The molecule has 5 rings (SSSR count). The Hall–Kier alpha value is -3.24. The number of amides is 2. The summed E-state index contributed by atoms with van der Waals surface area (Å²) in [6, 6.07) is 9.90. The van der Waals surface area contributed by atoms with Crippen LogP contribution in [0.3, 0.4) is 0 Å². The third-order valence-electron chi connectivity index (χ3n) is 6.22. The number of piperazine rings is 1. The quantitative estimate of drug-likeness (QED) is 0.550. The van der Waals surface area contributed by atoms with Gasteiger partial charge in [-0.25, -0.2) is 4.98 Å². The lowest BCUT2D eigenvalue weighted by Crippen LogP contribution is -2.52. The maximum absolute atomic E-state index is 13.0. The molecule has 2 amide bonds. The topological polar surface area (TPSA) is 96.8 Å². The Kier molecular flexibility index (Phi) is 6.34. The van der Waals surface area contributed by atoms with Crippen LogP contribution < -0.4 is 15.6 Å². The van der Waals surface area contributed by atoms with Crippen molar-refractivity contribution in [3.8, 4) is 16.2 Å². The van der Waals surface area contributed by atoms with Crippen LogP contribution in [-0.4, -0.2) is 77.0 Å². The average Bonchev–Trinajstić information content (AvgIpc) is 3.55. The van der Waals surface area contributed by atoms with Gasteiger partial charge in [-0.3, -0.25) is 23.9 Å². The number of thiophene rings is 1. The summed E-state index contributed by atoms with van der Waals surface area (Å²) in [6.45, 7) is 2.70. The SMILES string of the molecule is COc1ccc(-c2cc3ncn(CC(=O)N4CCN(CC(=O)NC5CC5)CC4)c(=O)c3s2)cc1. The summed E-state index contributed by atoms with van der Waals surface area (Å²) in [5.74, 6) is 0.710. The summed E-state index contributed by atoms with van der Waals surface area (Å²) < 4.78 is 7.12. The Morgan fingerprint density at radius 3 is 2.53 bits per heavy atom. The fraction of sp³-hybridized carbons (Fsp3) is 0.417. The van der Waals surface area contributed by atoms with Crippen LogP contribution in [0.1, 0.15) is 12.8 Å². The first-order valence-corrected chi connectivity index (χ1v) is 12.2. The summed E-state index contributed by atoms with van der Waals surface area (Å²) in [5.41, 5.74) is 1.40. The number of carbonyl (C=O) groups is 2. The maximum Gasteiger partial charge on any atom is 0.271 e. The molecule has 9 nitrogen and oxygen atoms in total. The standard InChI is InChI=1S/C24H27N5O4S/c1-33-18-6-2-16(3-7-18)20-12-19-23(34-20)24(32)29(15-25-19)14-22(31)28-10-8-27(9-11-28)13-21(30)26-17-4-5-17/h2-3,6-7,12,15,17H,4-5,8-11,13-14H2,1H3,(H,26,30). The molecule has 10 heteroatoms. The highest BCUT2D eigenvalue weighted by Gasteiger charge is 2.26. The number of rotatable bonds is 7. The van der Waals surface area contributed by atoms with Crippen molar-refractivity contribution < 1.29 is 14.3 Å². The number of hydrogen-bond donors (Lipinski definition) is 1. The van der Waals surface area contributed by atoms with Gasteiger partial charge in [0.1, 0.15) is 17.0 Å². The van der Waals surface area contributed by atoms with Gasteiger partial charge < -0.3 is 15.0 Å². The Labute approximate surface area is 200 Å². The predicted octanol–water partition coefficient (Wildman–Crippen LogP) is 1.56. The van der Waals surface area contributed by atoms with E-state index in [0.29, 0.717) is 49.0 Å². The zero-order valence-corrected chi connectivity index (χ0v) is 19.8. The summed E-state index contributed by atoms with van der Waals surface area (Å²) in [4.78, 5) is 47.1. The minimum absolute atomic E-state index is 0.0420. The third-order valence-corrected chi connectivity index (χ3v) is 7.38. The van der Waals surface area contributed by atoms with Crippen LogP contribution in [-0.2, 0) is 16.1 Å². The van der Waals surface area contributed by atoms with Gasteiger partial charge in [0.15, 0.2) is 0 Å². The van der Waals surface area contributed by atoms with Gasteiger partial charge in [-0.2, -0.15) is 0 Å². The minimum Gasteiger partial charge on any atom is -0.497 e. The lowest BCUT2D eigenvalue weighted by atomic mass is 10.2. The molecule has 0 atom stereocenters. The maximum atomic E-state index is 13.0. The number of carbonyl (C=O) groups excluding carboxylic acids is 2. The number of hydrogen-bond acceptors (Lipinski definition) is 7. The molecule has 2 fully saturated rings. The number of methoxy groups -OCH3 is 1. The van der Waals surface area contributed by atoms with Crippen LogP contribution in [0.4, 0.5) is 0 Å². The van der Waals surface area contributed by atoms with Crippen LogP contribution in [0.2, 0.25) is 0 Å². The molecule has 178 valence electrons. The second kappa shape index (κ2) is 9.55. The normalized spacial score (nSPS) is 16.6. The molecule has 2 aromatic heterocycles. The van der Waals surface area contributed by atoms with Gasteiger partial charge in [0.25, 0.3) is 5.56 Å². The largest absolute Gasteiger partial charge is 0.497 e. The minimum atomic E-state index is -0.210. The monoisotopic (exact) mass is 481 g/mol. The van der Waals surface area contributed by atoms with Crippen molar-refractivity contribution in [1.82, 2.24) is 24.7 Å². The smallest absolute Gasteiger partial charge is 0.271 e. The molecule has 1 saturated heterocycles. The molecule has 1 saturated carbocycles. The van der Waals surface area contributed by atoms with Crippen LogP contribution >= 0.6 is 11.3 Å². The summed E-state index contributed by atoms with van der Waals surface area (Å²) in [5, 5.41) is 3.00. The van der Waals surface area contributed by atoms with Crippen molar-refractivity contribution in [2.45, 2.75) is 25.4 Å². The van der Waals surface area contributed by atoms with E-state index in [-0.39, 0.29) is 23.9 Å². The molecular weight excluding hydrogens is 454 g/mol. The van der Waals surface area contributed by atoms with E-state index in [1.54, 1.807) is 12.0 Å². The fourth-order valence-electron chi connectivity index (χ4n) is 4.06. The Balaban J connectivity index is 1.22.